The molecule has 0 aliphatic carbocycles. The fourth-order valence-corrected chi connectivity index (χ4v) is 7.56. The lowest BCUT2D eigenvalue weighted by Crippen LogP contribution is -2.44. The quantitative estimate of drug-likeness (QED) is 0.602. The van der Waals surface area contributed by atoms with E-state index in [9.17, 15) is 30.0 Å². The molecule has 1 aromatic carbocycles. The summed E-state index contributed by atoms with van der Waals surface area (Å²) in [5.74, 6) is -0.550. The number of morpholine rings is 1. The number of hydrogen-bond donors (Lipinski definition) is 0. The summed E-state index contributed by atoms with van der Waals surface area (Å²) < 4.78 is 97.0. The molecule has 2 fully saturated rings. The van der Waals surface area contributed by atoms with E-state index in [1.807, 2.05) is 0 Å². The van der Waals surface area contributed by atoms with Gasteiger partial charge in [-0.2, -0.15) is 17.5 Å². The molecule has 0 spiro atoms. The average Bonchev–Trinajstić information content (AvgIpc) is 3.04. The summed E-state index contributed by atoms with van der Waals surface area (Å²) in [5.41, 5.74) is -1.25. The van der Waals surface area contributed by atoms with Gasteiger partial charge in [-0.15, -0.1) is 0 Å². The van der Waals surface area contributed by atoms with Crippen LogP contribution in [0.4, 0.5) is 13.2 Å². The Balaban J connectivity index is 1.87. The van der Waals surface area contributed by atoms with Crippen molar-refractivity contribution < 1.29 is 34.7 Å². The Hall–Kier alpha value is -1.21. The molecule has 2 heterocycles. The van der Waals surface area contributed by atoms with Gasteiger partial charge < -0.3 is 4.74 Å². The number of benzene rings is 1. The zero-order chi connectivity index (χ0) is 22.0. The number of ether oxygens (including phenoxy) is 1. The van der Waals surface area contributed by atoms with Crippen molar-refractivity contribution in [3.8, 4) is 0 Å². The standard InChI is InChI=1S/C18H25F3N2O5S2/c19-18(20,21)16-4-1-2-5-17(16)30(26,27)23(15-6-13-29(24,25)14-15)8-3-7-22-9-11-28-12-10-22/h1-2,4-5,15H,3,6-14H2. The minimum atomic E-state index is -4.84. The highest BCUT2D eigenvalue weighted by atomic mass is 32.2. The maximum absolute atomic E-state index is 13.4. The largest absolute Gasteiger partial charge is 0.417 e. The van der Waals surface area contributed by atoms with Crippen LogP contribution in [0.2, 0.25) is 0 Å². The molecule has 2 aliphatic heterocycles. The number of halogens is 3. The van der Waals surface area contributed by atoms with E-state index >= 15 is 0 Å². The van der Waals surface area contributed by atoms with E-state index in [2.05, 4.69) is 4.90 Å². The van der Waals surface area contributed by atoms with Gasteiger partial charge in [-0.25, -0.2) is 16.8 Å². The zero-order valence-electron chi connectivity index (χ0n) is 16.3. The van der Waals surface area contributed by atoms with Gasteiger partial charge in [0.05, 0.1) is 35.2 Å². The molecule has 1 aromatic rings. The first-order chi connectivity index (χ1) is 14.0. The minimum absolute atomic E-state index is 0.0495. The number of sulfonamides is 1. The third kappa shape index (κ3) is 5.52. The summed E-state index contributed by atoms with van der Waals surface area (Å²) in [6, 6.07) is 3.15. The fourth-order valence-electron chi connectivity index (χ4n) is 3.83. The second kappa shape index (κ2) is 9.11. The van der Waals surface area contributed by atoms with Crippen LogP contribution in [0.15, 0.2) is 29.2 Å². The Labute approximate surface area is 174 Å². The van der Waals surface area contributed by atoms with E-state index in [4.69, 9.17) is 4.74 Å². The van der Waals surface area contributed by atoms with Crippen molar-refractivity contribution in [3.63, 3.8) is 0 Å². The van der Waals surface area contributed by atoms with Crippen molar-refractivity contribution >= 4 is 19.9 Å². The molecule has 170 valence electrons. The van der Waals surface area contributed by atoms with E-state index in [1.165, 1.54) is 6.07 Å². The lowest BCUT2D eigenvalue weighted by molar-refractivity contribution is -0.139. The molecule has 12 heteroatoms. The molecule has 0 bridgehead atoms. The van der Waals surface area contributed by atoms with E-state index in [1.54, 1.807) is 0 Å². The Morgan fingerprint density at radius 1 is 1.17 bits per heavy atom. The van der Waals surface area contributed by atoms with Crippen molar-refractivity contribution in [1.29, 1.82) is 0 Å². The van der Waals surface area contributed by atoms with Crippen LogP contribution >= 0.6 is 0 Å². The first kappa shape index (κ1) is 23.5. The highest BCUT2D eigenvalue weighted by Gasteiger charge is 2.43. The maximum Gasteiger partial charge on any atom is 0.417 e. The third-order valence-electron chi connectivity index (χ3n) is 5.35. The summed E-state index contributed by atoms with van der Waals surface area (Å²) in [7, 11) is -7.97. The molecule has 0 radical (unpaired) electrons. The average molecular weight is 471 g/mol. The van der Waals surface area contributed by atoms with Gasteiger partial charge in [0.1, 0.15) is 0 Å². The Morgan fingerprint density at radius 3 is 2.43 bits per heavy atom. The van der Waals surface area contributed by atoms with E-state index in [-0.39, 0.29) is 24.5 Å². The van der Waals surface area contributed by atoms with Crippen LogP contribution in [0.3, 0.4) is 0 Å². The summed E-state index contributed by atoms with van der Waals surface area (Å²) in [6.07, 6.45) is -4.39. The van der Waals surface area contributed by atoms with Gasteiger partial charge in [-0.1, -0.05) is 12.1 Å². The zero-order valence-corrected chi connectivity index (χ0v) is 18.0. The minimum Gasteiger partial charge on any atom is -0.379 e. The van der Waals surface area contributed by atoms with Crippen LogP contribution in [0.25, 0.3) is 0 Å². The van der Waals surface area contributed by atoms with E-state index < -0.39 is 42.5 Å². The van der Waals surface area contributed by atoms with Crippen LogP contribution in [0.5, 0.6) is 0 Å². The molecule has 0 saturated carbocycles. The normalized spacial score (nSPS) is 23.1. The Morgan fingerprint density at radius 2 is 1.83 bits per heavy atom. The first-order valence-corrected chi connectivity index (χ1v) is 13.0. The third-order valence-corrected chi connectivity index (χ3v) is 9.11. The Bertz CT molecular complexity index is 945. The van der Waals surface area contributed by atoms with Crippen LogP contribution in [0, 0.1) is 0 Å². The van der Waals surface area contributed by atoms with Gasteiger partial charge in [-0.3, -0.25) is 4.90 Å². The molecule has 0 aromatic heterocycles. The molecular weight excluding hydrogens is 445 g/mol. The fraction of sp³-hybridized carbons (Fsp3) is 0.667. The summed E-state index contributed by atoms with van der Waals surface area (Å²) in [4.78, 5) is 1.25. The van der Waals surface area contributed by atoms with Gasteiger partial charge in [0.15, 0.2) is 9.84 Å². The van der Waals surface area contributed by atoms with E-state index in [0.717, 1.165) is 22.5 Å². The summed E-state index contributed by atoms with van der Waals surface area (Å²) >= 11 is 0. The van der Waals surface area contributed by atoms with Gasteiger partial charge >= 0.3 is 6.18 Å². The van der Waals surface area contributed by atoms with Crippen LogP contribution < -0.4 is 0 Å². The highest BCUT2D eigenvalue weighted by Crippen LogP contribution is 2.36. The number of hydrogen-bond acceptors (Lipinski definition) is 6. The molecule has 0 N–H and O–H groups in total. The lowest BCUT2D eigenvalue weighted by atomic mass is 10.2. The molecule has 2 aliphatic rings. The molecular formula is C18H25F3N2O5S2. The van der Waals surface area contributed by atoms with Crippen LogP contribution in [-0.4, -0.2) is 83.0 Å². The first-order valence-electron chi connectivity index (χ1n) is 9.69. The van der Waals surface area contributed by atoms with Gasteiger partial charge in [-0.05, 0) is 31.5 Å². The number of rotatable bonds is 7. The van der Waals surface area contributed by atoms with Crippen molar-refractivity contribution in [1.82, 2.24) is 9.21 Å². The topological polar surface area (TPSA) is 84.0 Å². The molecule has 7 nitrogen and oxygen atoms in total. The van der Waals surface area contributed by atoms with Crippen molar-refractivity contribution in [2.45, 2.75) is 30.0 Å². The van der Waals surface area contributed by atoms with Gasteiger partial charge in [0.2, 0.25) is 10.0 Å². The number of alkyl halides is 3. The lowest BCUT2D eigenvalue weighted by Gasteiger charge is -2.31. The highest BCUT2D eigenvalue weighted by molar-refractivity contribution is 7.92. The molecule has 0 amide bonds. The van der Waals surface area contributed by atoms with Gasteiger partial charge in [0.25, 0.3) is 0 Å². The molecule has 1 unspecified atom stereocenters. The van der Waals surface area contributed by atoms with Crippen molar-refractivity contribution in [2.24, 2.45) is 0 Å². The van der Waals surface area contributed by atoms with Gasteiger partial charge in [0, 0.05) is 25.7 Å². The molecule has 30 heavy (non-hydrogen) atoms. The monoisotopic (exact) mass is 470 g/mol. The van der Waals surface area contributed by atoms with Crippen molar-refractivity contribution in [2.75, 3.05) is 50.9 Å². The number of sulfone groups is 1. The summed E-state index contributed by atoms with van der Waals surface area (Å²) in [6.45, 7) is 3.04. The SMILES string of the molecule is O=S1(=O)CCC(N(CCCN2CCOCC2)S(=O)(=O)c2ccccc2C(F)(F)F)C1. The predicted molar refractivity (Wildman–Crippen MR) is 104 cm³/mol. The van der Waals surface area contributed by atoms with Crippen LogP contribution in [0.1, 0.15) is 18.4 Å². The smallest absolute Gasteiger partial charge is 0.379 e. The maximum atomic E-state index is 13.4. The van der Waals surface area contributed by atoms with E-state index in [0.29, 0.717) is 39.3 Å². The molecule has 1 atom stereocenters. The number of nitrogens with zero attached hydrogens (tertiary/aromatic N) is 2. The molecule has 3 rings (SSSR count). The van der Waals surface area contributed by atoms with Crippen molar-refractivity contribution in [3.05, 3.63) is 29.8 Å². The summed E-state index contributed by atoms with van der Waals surface area (Å²) in [5, 5.41) is 0. The molecule has 2 saturated heterocycles. The van der Waals surface area contributed by atoms with Crippen LogP contribution in [-0.2, 0) is 30.8 Å². The second-order valence-electron chi connectivity index (χ2n) is 7.47. The predicted octanol–water partition coefficient (Wildman–Crippen LogP) is 1.61. The Kier molecular flexibility index (Phi) is 7.12. The second-order valence-corrected chi connectivity index (χ2v) is 11.6.